The summed E-state index contributed by atoms with van der Waals surface area (Å²) in [5.41, 5.74) is 7.10. The molecule has 0 aliphatic carbocycles. The zero-order valence-electron chi connectivity index (χ0n) is 9.70. The molecule has 2 N–H and O–H groups in total. The Hall–Kier alpha value is -1.34. The van der Waals surface area contributed by atoms with Crippen LogP contribution in [-0.4, -0.2) is 0 Å². The van der Waals surface area contributed by atoms with Crippen molar-refractivity contribution in [3.05, 3.63) is 48.0 Å². The molecule has 0 radical (unpaired) electrons. The topological polar surface area (TPSA) is 26.0 Å². The summed E-state index contributed by atoms with van der Waals surface area (Å²) in [4.78, 5) is 0. The molecule has 0 amide bonds. The first-order valence-electron chi connectivity index (χ1n) is 5.52. The molecular weight excluding hydrogens is 182 g/mol. The Bertz CT molecular complexity index is 413. The van der Waals surface area contributed by atoms with Gasteiger partial charge < -0.3 is 5.73 Å². The van der Waals surface area contributed by atoms with Crippen LogP contribution in [0.1, 0.15) is 32.4 Å². The van der Waals surface area contributed by atoms with Gasteiger partial charge in [-0.05, 0) is 23.3 Å². The van der Waals surface area contributed by atoms with Crippen LogP contribution in [0.2, 0.25) is 0 Å². The van der Waals surface area contributed by atoms with Gasteiger partial charge in [0.2, 0.25) is 0 Å². The first-order valence-corrected chi connectivity index (χ1v) is 5.52. The maximum Gasteiger partial charge on any atom is 0.0272 e. The van der Waals surface area contributed by atoms with Crippen molar-refractivity contribution in [2.24, 2.45) is 5.73 Å². The van der Waals surface area contributed by atoms with Gasteiger partial charge in [0, 0.05) is 6.04 Å². The van der Waals surface area contributed by atoms with E-state index in [1.54, 1.807) is 0 Å². The van der Waals surface area contributed by atoms with Crippen LogP contribution >= 0.6 is 0 Å². The second-order valence-corrected chi connectivity index (χ2v) is 3.36. The van der Waals surface area contributed by atoms with Crippen LogP contribution in [-0.2, 0) is 0 Å². The molecular formula is C14H19N. The summed E-state index contributed by atoms with van der Waals surface area (Å²) in [6.45, 7) is 6.02. The van der Waals surface area contributed by atoms with Gasteiger partial charge in [0.05, 0.1) is 0 Å². The van der Waals surface area contributed by atoms with Gasteiger partial charge in [0.1, 0.15) is 0 Å². The van der Waals surface area contributed by atoms with Crippen LogP contribution < -0.4 is 5.73 Å². The molecule has 1 unspecified atom stereocenters. The van der Waals surface area contributed by atoms with Gasteiger partial charge >= 0.3 is 0 Å². The molecule has 80 valence electrons. The van der Waals surface area contributed by atoms with E-state index < -0.39 is 0 Å². The monoisotopic (exact) mass is 201 g/mol. The molecule has 0 aliphatic rings. The molecule has 0 spiro atoms. The molecule has 2 rings (SSSR count). The molecule has 2 aromatic rings. The highest BCUT2D eigenvalue weighted by Gasteiger charge is 2.02. The van der Waals surface area contributed by atoms with Crippen molar-refractivity contribution < 1.29 is 0 Å². The van der Waals surface area contributed by atoms with Crippen LogP contribution in [0.15, 0.2) is 42.5 Å². The molecule has 2 aromatic carbocycles. The SMILES string of the molecule is CC.CC(N)c1cccc2ccccc12. The smallest absolute Gasteiger partial charge is 0.0272 e. The fraction of sp³-hybridized carbons (Fsp3) is 0.286. The Morgan fingerprint density at radius 3 is 2.20 bits per heavy atom. The highest BCUT2D eigenvalue weighted by Crippen LogP contribution is 2.22. The largest absolute Gasteiger partial charge is 0.324 e. The van der Waals surface area contributed by atoms with Gasteiger partial charge in [-0.2, -0.15) is 0 Å². The summed E-state index contributed by atoms with van der Waals surface area (Å²) in [5.74, 6) is 0. The second-order valence-electron chi connectivity index (χ2n) is 3.36. The van der Waals surface area contributed by atoms with Crippen LogP contribution in [0.5, 0.6) is 0 Å². The Morgan fingerprint density at radius 2 is 1.53 bits per heavy atom. The van der Waals surface area contributed by atoms with E-state index in [-0.39, 0.29) is 6.04 Å². The standard InChI is InChI=1S/C12H13N.C2H6/c1-9(13)11-8-4-6-10-5-2-3-7-12(10)11;1-2/h2-9H,13H2,1H3;1-2H3. The van der Waals surface area contributed by atoms with Crippen LogP contribution in [0.4, 0.5) is 0 Å². The lowest BCUT2D eigenvalue weighted by Gasteiger charge is -2.09. The minimum absolute atomic E-state index is 0.103. The fourth-order valence-corrected chi connectivity index (χ4v) is 1.65. The van der Waals surface area contributed by atoms with Gasteiger partial charge in [-0.25, -0.2) is 0 Å². The van der Waals surface area contributed by atoms with E-state index in [0.717, 1.165) is 0 Å². The normalized spacial score (nSPS) is 11.7. The van der Waals surface area contributed by atoms with Crippen molar-refractivity contribution in [3.8, 4) is 0 Å². The van der Waals surface area contributed by atoms with E-state index in [9.17, 15) is 0 Å². The molecule has 1 heteroatoms. The van der Waals surface area contributed by atoms with Crippen molar-refractivity contribution >= 4 is 10.8 Å². The van der Waals surface area contributed by atoms with Gasteiger partial charge in [-0.15, -0.1) is 0 Å². The van der Waals surface area contributed by atoms with Crippen molar-refractivity contribution in [2.75, 3.05) is 0 Å². The minimum atomic E-state index is 0.103. The highest BCUT2D eigenvalue weighted by molar-refractivity contribution is 5.85. The third-order valence-corrected chi connectivity index (χ3v) is 2.31. The summed E-state index contributed by atoms with van der Waals surface area (Å²) in [7, 11) is 0. The molecule has 0 saturated carbocycles. The Morgan fingerprint density at radius 1 is 0.933 bits per heavy atom. The Labute approximate surface area is 91.9 Å². The number of benzene rings is 2. The zero-order valence-corrected chi connectivity index (χ0v) is 9.70. The second kappa shape index (κ2) is 5.52. The molecule has 1 atom stereocenters. The first kappa shape index (κ1) is 11.7. The molecule has 0 heterocycles. The number of hydrogen-bond acceptors (Lipinski definition) is 1. The van der Waals surface area contributed by atoms with Crippen molar-refractivity contribution in [1.82, 2.24) is 0 Å². The predicted molar refractivity (Wildman–Crippen MR) is 67.9 cm³/mol. The van der Waals surface area contributed by atoms with Crippen LogP contribution in [0.25, 0.3) is 10.8 Å². The van der Waals surface area contributed by atoms with Gasteiger partial charge in [-0.3, -0.25) is 0 Å². The quantitative estimate of drug-likeness (QED) is 0.744. The van der Waals surface area contributed by atoms with Crippen LogP contribution in [0.3, 0.4) is 0 Å². The van der Waals surface area contributed by atoms with E-state index in [2.05, 4.69) is 30.3 Å². The lowest BCUT2D eigenvalue weighted by molar-refractivity contribution is 0.827. The number of rotatable bonds is 1. The molecule has 0 aromatic heterocycles. The van der Waals surface area contributed by atoms with Crippen molar-refractivity contribution in [2.45, 2.75) is 26.8 Å². The lowest BCUT2D eigenvalue weighted by atomic mass is 10.0. The maximum absolute atomic E-state index is 5.88. The Kier molecular flexibility index (Phi) is 4.32. The number of nitrogens with two attached hydrogens (primary N) is 1. The Balaban J connectivity index is 0.000000531. The van der Waals surface area contributed by atoms with Gasteiger partial charge in [0.25, 0.3) is 0 Å². The van der Waals surface area contributed by atoms with Gasteiger partial charge in [0.15, 0.2) is 0 Å². The molecule has 1 nitrogen and oxygen atoms in total. The lowest BCUT2D eigenvalue weighted by Crippen LogP contribution is -2.05. The molecule has 0 fully saturated rings. The van der Waals surface area contributed by atoms with E-state index in [1.807, 2.05) is 32.9 Å². The predicted octanol–water partition coefficient (Wildman–Crippen LogP) is 3.89. The van der Waals surface area contributed by atoms with E-state index >= 15 is 0 Å². The zero-order chi connectivity index (χ0) is 11.3. The molecule has 15 heavy (non-hydrogen) atoms. The first-order chi connectivity index (χ1) is 7.29. The van der Waals surface area contributed by atoms with E-state index in [1.165, 1.54) is 16.3 Å². The van der Waals surface area contributed by atoms with E-state index in [4.69, 9.17) is 5.73 Å². The number of hydrogen-bond donors (Lipinski definition) is 1. The molecule has 0 saturated heterocycles. The third kappa shape index (κ3) is 2.57. The molecule has 0 aliphatic heterocycles. The van der Waals surface area contributed by atoms with Crippen molar-refractivity contribution in [3.63, 3.8) is 0 Å². The third-order valence-electron chi connectivity index (χ3n) is 2.31. The maximum atomic E-state index is 5.88. The highest BCUT2D eigenvalue weighted by atomic mass is 14.6. The minimum Gasteiger partial charge on any atom is -0.324 e. The average molecular weight is 201 g/mol. The summed E-state index contributed by atoms with van der Waals surface area (Å²) < 4.78 is 0. The van der Waals surface area contributed by atoms with Crippen molar-refractivity contribution in [1.29, 1.82) is 0 Å². The summed E-state index contributed by atoms with van der Waals surface area (Å²) in [5, 5.41) is 2.53. The molecule has 0 bridgehead atoms. The van der Waals surface area contributed by atoms with Gasteiger partial charge in [-0.1, -0.05) is 56.3 Å². The fourth-order valence-electron chi connectivity index (χ4n) is 1.65. The average Bonchev–Trinajstić information content (AvgIpc) is 2.31. The van der Waals surface area contributed by atoms with Crippen LogP contribution in [0, 0.1) is 0 Å². The summed E-state index contributed by atoms with van der Waals surface area (Å²) in [6.07, 6.45) is 0. The summed E-state index contributed by atoms with van der Waals surface area (Å²) >= 11 is 0. The number of fused-ring (bicyclic) bond motifs is 1. The summed E-state index contributed by atoms with van der Waals surface area (Å²) in [6, 6.07) is 14.7. The van der Waals surface area contributed by atoms with E-state index in [0.29, 0.717) is 0 Å².